The van der Waals surface area contributed by atoms with Crippen LogP contribution in [0.1, 0.15) is 26.7 Å². The molecule has 62 valence electrons. The maximum Gasteiger partial charge on any atom is 0.0550 e. The third kappa shape index (κ3) is 6.01. The van der Waals surface area contributed by atoms with Gasteiger partial charge in [-0.15, -0.1) is 0 Å². The molecule has 3 heteroatoms. The van der Waals surface area contributed by atoms with E-state index in [0.29, 0.717) is 0 Å². The Balaban J connectivity index is 2.89. The molecule has 0 aliphatic carbocycles. The molecular formula is C7H18N2O. The summed E-state index contributed by atoms with van der Waals surface area (Å²) in [5.74, 6) is 0. The van der Waals surface area contributed by atoms with E-state index in [1.54, 1.807) is 0 Å². The van der Waals surface area contributed by atoms with E-state index in [1.165, 1.54) is 0 Å². The third-order valence-electron chi connectivity index (χ3n) is 1.38. The number of hydrazine groups is 1. The zero-order chi connectivity index (χ0) is 7.82. The standard InChI is InChI=1S/C7H18N2O/c1-3-7(10)5-6-9-8-4-2/h7-10H,3-6H2,1-2H3. The molecule has 0 aliphatic rings. The van der Waals surface area contributed by atoms with Crippen LogP contribution in [0.2, 0.25) is 0 Å². The highest BCUT2D eigenvalue weighted by atomic mass is 16.3. The van der Waals surface area contributed by atoms with Gasteiger partial charge in [-0.05, 0) is 12.8 Å². The summed E-state index contributed by atoms with van der Waals surface area (Å²) in [7, 11) is 0. The summed E-state index contributed by atoms with van der Waals surface area (Å²) < 4.78 is 0. The van der Waals surface area contributed by atoms with Crippen LogP contribution in [0.4, 0.5) is 0 Å². The molecule has 0 saturated heterocycles. The van der Waals surface area contributed by atoms with Crippen LogP contribution in [-0.4, -0.2) is 24.3 Å². The maximum absolute atomic E-state index is 9.09. The molecule has 0 aliphatic heterocycles. The van der Waals surface area contributed by atoms with Crippen LogP contribution in [0.25, 0.3) is 0 Å². The van der Waals surface area contributed by atoms with E-state index in [1.807, 2.05) is 13.8 Å². The summed E-state index contributed by atoms with van der Waals surface area (Å²) in [5.41, 5.74) is 5.96. The van der Waals surface area contributed by atoms with Gasteiger partial charge in [0.1, 0.15) is 0 Å². The molecule has 0 bridgehead atoms. The van der Waals surface area contributed by atoms with Crippen LogP contribution < -0.4 is 10.9 Å². The van der Waals surface area contributed by atoms with Crippen molar-refractivity contribution in [2.24, 2.45) is 0 Å². The first-order valence-corrected chi connectivity index (χ1v) is 3.95. The molecule has 0 radical (unpaired) electrons. The van der Waals surface area contributed by atoms with Crippen molar-refractivity contribution in [1.82, 2.24) is 10.9 Å². The average molecular weight is 146 g/mol. The van der Waals surface area contributed by atoms with E-state index < -0.39 is 0 Å². The number of nitrogens with one attached hydrogen (secondary N) is 2. The van der Waals surface area contributed by atoms with Crippen molar-refractivity contribution >= 4 is 0 Å². The van der Waals surface area contributed by atoms with Gasteiger partial charge < -0.3 is 5.11 Å². The largest absolute Gasteiger partial charge is 0.393 e. The SMILES string of the molecule is CCNNCCC(O)CC. The van der Waals surface area contributed by atoms with Crippen LogP contribution >= 0.6 is 0 Å². The van der Waals surface area contributed by atoms with E-state index in [9.17, 15) is 0 Å². The van der Waals surface area contributed by atoms with E-state index in [-0.39, 0.29) is 6.10 Å². The summed E-state index contributed by atoms with van der Waals surface area (Å²) in [5, 5.41) is 9.09. The van der Waals surface area contributed by atoms with Crippen molar-refractivity contribution in [1.29, 1.82) is 0 Å². The van der Waals surface area contributed by atoms with Crippen LogP contribution in [0.3, 0.4) is 0 Å². The fraction of sp³-hybridized carbons (Fsp3) is 1.00. The Labute approximate surface area is 62.8 Å². The number of hydrogen-bond acceptors (Lipinski definition) is 3. The Morgan fingerprint density at radius 2 is 2.00 bits per heavy atom. The average Bonchev–Trinajstić information content (AvgIpc) is 1.98. The molecule has 0 spiro atoms. The Morgan fingerprint density at radius 3 is 2.50 bits per heavy atom. The van der Waals surface area contributed by atoms with Crippen molar-refractivity contribution in [3.63, 3.8) is 0 Å². The van der Waals surface area contributed by atoms with Crippen LogP contribution in [0.5, 0.6) is 0 Å². The molecule has 0 fully saturated rings. The third-order valence-corrected chi connectivity index (χ3v) is 1.38. The molecule has 10 heavy (non-hydrogen) atoms. The zero-order valence-corrected chi connectivity index (χ0v) is 6.85. The van der Waals surface area contributed by atoms with E-state index in [2.05, 4.69) is 10.9 Å². The van der Waals surface area contributed by atoms with Crippen molar-refractivity contribution in [2.75, 3.05) is 13.1 Å². The van der Waals surface area contributed by atoms with E-state index in [0.717, 1.165) is 25.9 Å². The second-order valence-electron chi connectivity index (χ2n) is 2.31. The fourth-order valence-corrected chi connectivity index (χ4v) is 0.656. The molecule has 0 amide bonds. The molecular weight excluding hydrogens is 128 g/mol. The number of rotatable bonds is 6. The number of aliphatic hydroxyl groups excluding tert-OH is 1. The topological polar surface area (TPSA) is 44.3 Å². The number of hydrogen-bond donors (Lipinski definition) is 3. The Kier molecular flexibility index (Phi) is 6.91. The Bertz CT molecular complexity index is 68.6. The minimum atomic E-state index is -0.147. The first-order valence-electron chi connectivity index (χ1n) is 3.95. The summed E-state index contributed by atoms with van der Waals surface area (Å²) >= 11 is 0. The van der Waals surface area contributed by atoms with Gasteiger partial charge in [0.15, 0.2) is 0 Å². The minimum absolute atomic E-state index is 0.147. The molecule has 0 heterocycles. The van der Waals surface area contributed by atoms with Gasteiger partial charge in [-0.3, -0.25) is 10.9 Å². The lowest BCUT2D eigenvalue weighted by molar-refractivity contribution is 0.158. The van der Waals surface area contributed by atoms with E-state index >= 15 is 0 Å². The molecule has 1 unspecified atom stereocenters. The summed E-state index contributed by atoms with van der Waals surface area (Å²) in [6, 6.07) is 0. The first-order chi connectivity index (χ1) is 4.81. The summed E-state index contributed by atoms with van der Waals surface area (Å²) in [6.07, 6.45) is 1.52. The molecule has 3 nitrogen and oxygen atoms in total. The highest BCUT2D eigenvalue weighted by molar-refractivity contribution is 4.52. The van der Waals surface area contributed by atoms with Gasteiger partial charge in [0.2, 0.25) is 0 Å². The van der Waals surface area contributed by atoms with Crippen molar-refractivity contribution < 1.29 is 5.11 Å². The van der Waals surface area contributed by atoms with Gasteiger partial charge in [-0.2, -0.15) is 0 Å². The summed E-state index contributed by atoms with van der Waals surface area (Å²) in [4.78, 5) is 0. The molecule has 0 aromatic rings. The molecule has 3 N–H and O–H groups in total. The second kappa shape index (κ2) is 6.99. The van der Waals surface area contributed by atoms with Crippen molar-refractivity contribution in [3.8, 4) is 0 Å². The van der Waals surface area contributed by atoms with Gasteiger partial charge in [-0.1, -0.05) is 13.8 Å². The fourth-order valence-electron chi connectivity index (χ4n) is 0.656. The predicted octanol–water partition coefficient (Wildman–Crippen LogP) is 0.261. The molecule has 1 atom stereocenters. The lowest BCUT2D eigenvalue weighted by atomic mass is 10.2. The molecule has 0 rings (SSSR count). The normalized spacial score (nSPS) is 13.5. The van der Waals surface area contributed by atoms with Crippen molar-refractivity contribution in [3.05, 3.63) is 0 Å². The monoisotopic (exact) mass is 146 g/mol. The van der Waals surface area contributed by atoms with Gasteiger partial charge in [0.25, 0.3) is 0 Å². The van der Waals surface area contributed by atoms with Gasteiger partial charge >= 0.3 is 0 Å². The first kappa shape index (κ1) is 9.88. The highest BCUT2D eigenvalue weighted by Gasteiger charge is 1.97. The second-order valence-corrected chi connectivity index (χ2v) is 2.31. The van der Waals surface area contributed by atoms with Crippen LogP contribution in [0, 0.1) is 0 Å². The lowest BCUT2D eigenvalue weighted by Gasteiger charge is -2.07. The predicted molar refractivity (Wildman–Crippen MR) is 42.6 cm³/mol. The molecule has 0 aromatic carbocycles. The van der Waals surface area contributed by atoms with Gasteiger partial charge in [0, 0.05) is 13.1 Å². The lowest BCUT2D eigenvalue weighted by Crippen LogP contribution is -2.33. The zero-order valence-electron chi connectivity index (χ0n) is 6.85. The Hall–Kier alpha value is -0.120. The maximum atomic E-state index is 9.09. The van der Waals surface area contributed by atoms with Crippen LogP contribution in [-0.2, 0) is 0 Å². The molecule has 0 aromatic heterocycles. The quantitative estimate of drug-likeness (QED) is 0.372. The molecule has 0 saturated carbocycles. The van der Waals surface area contributed by atoms with Gasteiger partial charge in [0.05, 0.1) is 6.10 Å². The smallest absolute Gasteiger partial charge is 0.0550 e. The summed E-state index contributed by atoms with van der Waals surface area (Å²) in [6.45, 7) is 5.77. The van der Waals surface area contributed by atoms with Crippen LogP contribution in [0.15, 0.2) is 0 Å². The highest BCUT2D eigenvalue weighted by Crippen LogP contribution is 1.93. The van der Waals surface area contributed by atoms with E-state index in [4.69, 9.17) is 5.11 Å². The van der Waals surface area contributed by atoms with Gasteiger partial charge in [-0.25, -0.2) is 0 Å². The number of aliphatic hydroxyl groups is 1. The minimum Gasteiger partial charge on any atom is -0.393 e. The van der Waals surface area contributed by atoms with Crippen molar-refractivity contribution in [2.45, 2.75) is 32.8 Å². The Morgan fingerprint density at radius 1 is 1.30 bits per heavy atom.